The van der Waals surface area contributed by atoms with Crippen molar-refractivity contribution in [1.29, 1.82) is 0 Å². The molecule has 1 N–H and O–H groups in total. The fourth-order valence-corrected chi connectivity index (χ4v) is 0.888. The molecule has 268 valence electrons. The summed E-state index contributed by atoms with van der Waals surface area (Å²) in [6.45, 7) is 13.0. The Kier molecular flexibility index (Phi) is 89.6. The Hall–Kier alpha value is -1.35. The molecule has 4 nitrogen and oxygen atoms in total. The first-order valence-corrected chi connectivity index (χ1v) is 9.59. The predicted molar refractivity (Wildman–Crippen MR) is 184 cm³/mol. The first-order chi connectivity index (χ1) is 13.3. The van der Waals surface area contributed by atoms with E-state index < -0.39 is 40.6 Å². The molecule has 0 saturated carbocycles. The zero-order valence-corrected chi connectivity index (χ0v) is 19.3. The lowest BCUT2D eigenvalue weighted by molar-refractivity contribution is -0.283. The molecule has 41 heavy (non-hydrogen) atoms. The summed E-state index contributed by atoms with van der Waals surface area (Å²) < 4.78 is 64.2. The molecule has 0 fully saturated rings. The van der Waals surface area contributed by atoms with Gasteiger partial charge in [-0.15, -0.1) is 23.2 Å². The fourth-order valence-electron chi connectivity index (χ4n) is 0.888. The molecule has 0 bridgehead atoms. The number of allylic oxidation sites excluding steroid dienone is 2. The van der Waals surface area contributed by atoms with Gasteiger partial charge >= 0.3 is 24.0 Å². The molecule has 0 amide bonds. The number of halogens is 7. The van der Waals surface area contributed by atoms with Gasteiger partial charge in [0, 0.05) is 7.00 Å². The van der Waals surface area contributed by atoms with E-state index in [1.54, 1.807) is 13.8 Å². The largest absolute Gasteiger partial charge is 0.481 e. The highest BCUT2D eigenvalue weighted by Crippen LogP contribution is 2.39. The third-order valence-corrected chi connectivity index (χ3v) is 4.02. The van der Waals surface area contributed by atoms with Crippen LogP contribution in [0.4, 0.5) is 22.0 Å². The van der Waals surface area contributed by atoms with Crippen LogP contribution in [0.3, 0.4) is 0 Å². The summed E-state index contributed by atoms with van der Waals surface area (Å²) in [5, 5.41) is 8.18. The van der Waals surface area contributed by atoms with Crippen molar-refractivity contribution < 1.29 is 42.8 Å². The maximum absolute atomic E-state index is 12.5. The number of carboxylic acid groups (broad SMARTS) is 1. The van der Waals surface area contributed by atoms with Crippen LogP contribution in [0.2, 0.25) is 0 Å². The molecule has 0 aliphatic rings. The van der Waals surface area contributed by atoms with Crippen molar-refractivity contribution in [2.75, 3.05) is 0 Å². The summed E-state index contributed by atoms with van der Waals surface area (Å²) in [4.78, 5) is 21.0. The van der Waals surface area contributed by atoms with E-state index in [0.29, 0.717) is 0 Å². The molecule has 0 rings (SSSR count). The zero-order valence-electron chi connectivity index (χ0n) is 17.8. The summed E-state index contributed by atoms with van der Waals surface area (Å²) in [5.41, 5.74) is 0.0847. The molecule has 0 aromatic carbocycles. The van der Waals surface area contributed by atoms with Gasteiger partial charge in [0.25, 0.3) is 0 Å². The Labute approximate surface area is 266 Å². The molecule has 0 aliphatic heterocycles. The second-order valence-electron chi connectivity index (χ2n) is 6.35. The van der Waals surface area contributed by atoms with E-state index in [1.807, 2.05) is 13.8 Å². The number of hydrogen-bond donors (Lipinski definition) is 1. The van der Waals surface area contributed by atoms with Crippen LogP contribution in [0.1, 0.15) is 144 Å². The molecule has 11 heteroatoms. The SMILES string of the molecule is C.C.C.C.C.C.C.C.C.C.C.C=C(CC(F)(F)C(F)(F)F)OC(=O)C(C)=CC.CCC(C)(Cl)Cl.CCC(C)C(=O)O.[HH]. The van der Waals surface area contributed by atoms with Gasteiger partial charge in [-0.1, -0.05) is 115 Å². The number of aliphatic carboxylic acids is 1. The molecule has 0 radical (unpaired) electrons. The highest BCUT2D eigenvalue weighted by atomic mass is 35.5. The fraction of sp³-hybridized carbons (Fsp3) is 0.800. The number of carbonyl (C=O) groups excluding carboxylic acids is 1. The summed E-state index contributed by atoms with van der Waals surface area (Å²) in [7, 11) is 0. The number of ether oxygens (including phenoxy) is 1. The van der Waals surface area contributed by atoms with Gasteiger partial charge in [0.2, 0.25) is 0 Å². The van der Waals surface area contributed by atoms with E-state index in [-0.39, 0.29) is 94.6 Å². The lowest BCUT2D eigenvalue weighted by Gasteiger charge is -2.20. The van der Waals surface area contributed by atoms with Crippen molar-refractivity contribution in [3.05, 3.63) is 24.0 Å². The van der Waals surface area contributed by atoms with Crippen LogP contribution in [-0.2, 0) is 14.3 Å². The molecule has 0 heterocycles. The van der Waals surface area contributed by atoms with Crippen LogP contribution in [0.25, 0.3) is 0 Å². The van der Waals surface area contributed by atoms with Crippen LogP contribution in [0.5, 0.6) is 0 Å². The van der Waals surface area contributed by atoms with Gasteiger partial charge in [-0.3, -0.25) is 4.79 Å². The molecular weight excluding hydrogens is 590 g/mol. The van der Waals surface area contributed by atoms with Crippen molar-refractivity contribution in [3.63, 3.8) is 0 Å². The van der Waals surface area contributed by atoms with Gasteiger partial charge in [-0.25, -0.2) is 4.79 Å². The molecule has 0 aromatic rings. The van der Waals surface area contributed by atoms with Crippen molar-refractivity contribution in [1.82, 2.24) is 0 Å². The quantitative estimate of drug-likeness (QED) is 0.0966. The van der Waals surface area contributed by atoms with Crippen molar-refractivity contribution in [2.45, 2.75) is 159 Å². The Morgan fingerprint density at radius 1 is 0.902 bits per heavy atom. The molecular formula is C30H75Cl2F5O4. The summed E-state index contributed by atoms with van der Waals surface area (Å²) in [6, 6.07) is 0. The van der Waals surface area contributed by atoms with Crippen LogP contribution < -0.4 is 0 Å². The Morgan fingerprint density at radius 3 is 1.34 bits per heavy atom. The molecule has 0 aromatic heterocycles. The second kappa shape index (κ2) is 40.8. The number of hydrogen-bond acceptors (Lipinski definition) is 3. The number of alkyl halides is 7. The van der Waals surface area contributed by atoms with Gasteiger partial charge in [0.05, 0.1) is 12.3 Å². The van der Waals surface area contributed by atoms with E-state index in [4.69, 9.17) is 28.3 Å². The Balaban J connectivity index is -0.0000000197. The summed E-state index contributed by atoms with van der Waals surface area (Å²) >= 11 is 11.0. The predicted octanol–water partition coefficient (Wildman–Crippen LogP) is 14.5. The van der Waals surface area contributed by atoms with Crippen molar-refractivity contribution >= 4 is 35.1 Å². The lowest BCUT2D eigenvalue weighted by atomic mass is 10.1. The Morgan fingerprint density at radius 2 is 1.20 bits per heavy atom. The highest BCUT2D eigenvalue weighted by molar-refractivity contribution is 6.48. The third-order valence-electron chi connectivity index (χ3n) is 3.48. The van der Waals surface area contributed by atoms with Crippen LogP contribution >= 0.6 is 23.2 Å². The van der Waals surface area contributed by atoms with Gasteiger partial charge in [0.1, 0.15) is 10.1 Å². The topological polar surface area (TPSA) is 63.6 Å². The number of rotatable bonds is 7. The van der Waals surface area contributed by atoms with Crippen molar-refractivity contribution in [2.24, 2.45) is 5.92 Å². The average Bonchev–Trinajstić information content (AvgIpc) is 2.58. The third kappa shape index (κ3) is 51.8. The minimum absolute atomic E-state index is 0. The highest BCUT2D eigenvalue weighted by Gasteiger charge is 2.57. The van der Waals surface area contributed by atoms with Crippen LogP contribution in [0, 0.1) is 5.92 Å². The van der Waals surface area contributed by atoms with E-state index in [2.05, 4.69) is 11.3 Å². The second-order valence-corrected chi connectivity index (χ2v) is 8.21. The molecule has 0 spiro atoms. The van der Waals surface area contributed by atoms with Gasteiger partial charge < -0.3 is 9.84 Å². The number of carboxylic acids is 1. The van der Waals surface area contributed by atoms with Gasteiger partial charge in [0.15, 0.2) is 0 Å². The molecule has 0 saturated heterocycles. The molecule has 1 unspecified atom stereocenters. The van der Waals surface area contributed by atoms with Crippen LogP contribution in [-0.4, -0.2) is 33.5 Å². The van der Waals surface area contributed by atoms with Gasteiger partial charge in [-0.05, 0) is 33.6 Å². The molecule has 0 aliphatic carbocycles. The summed E-state index contributed by atoms with van der Waals surface area (Å²) in [6.07, 6.45) is -4.62. The van der Waals surface area contributed by atoms with E-state index >= 15 is 0 Å². The van der Waals surface area contributed by atoms with E-state index in [9.17, 15) is 31.5 Å². The summed E-state index contributed by atoms with van der Waals surface area (Å²) in [5.74, 6) is -7.79. The maximum atomic E-state index is 12.5. The monoisotopic (exact) mass is 664 g/mol. The minimum Gasteiger partial charge on any atom is -0.481 e. The lowest BCUT2D eigenvalue weighted by Crippen LogP contribution is -2.37. The Bertz CT molecular complexity index is 595. The van der Waals surface area contributed by atoms with E-state index in [1.165, 1.54) is 19.9 Å². The zero-order chi connectivity index (χ0) is 24.9. The minimum atomic E-state index is -5.70. The van der Waals surface area contributed by atoms with E-state index in [0.717, 1.165) is 12.8 Å². The smallest absolute Gasteiger partial charge is 0.453 e. The van der Waals surface area contributed by atoms with Crippen LogP contribution in [0.15, 0.2) is 24.0 Å². The maximum Gasteiger partial charge on any atom is 0.453 e. The molecule has 1 atom stereocenters. The normalized spacial score (nSPS) is 9.63. The first kappa shape index (κ1) is 90.0. The number of carbonyl (C=O) groups is 2. The first-order valence-electron chi connectivity index (χ1n) is 8.83. The van der Waals surface area contributed by atoms with Crippen molar-refractivity contribution in [3.8, 4) is 0 Å². The standard InChI is InChI=1S/C10H11F5O2.C5H10O2.C4H8Cl2.11CH4.H2/c1-4-6(2)8(16)17-7(3)5-9(11,12)10(13,14)15;1-3-4(2)5(6)7;1-3-4(2,5)6;;;;;;;;;;;;/h4H,3,5H2,1-2H3;4H,3H2,1-2H3,(H,6,7);3H2,1-2H3;11*1H4;1H. The van der Waals surface area contributed by atoms with Gasteiger partial charge in [-0.2, -0.15) is 22.0 Å². The number of esters is 1. The average molecular weight is 666 g/mol.